The Balaban J connectivity index is 1.94. The van der Waals surface area contributed by atoms with Crippen molar-refractivity contribution in [3.8, 4) is 0 Å². The van der Waals surface area contributed by atoms with Crippen molar-refractivity contribution >= 4 is 17.6 Å². The molecule has 3 rings (SSSR count). The highest BCUT2D eigenvalue weighted by atomic mass is 32.2. The molecule has 1 aliphatic heterocycles. The Morgan fingerprint density at radius 1 is 1.14 bits per heavy atom. The lowest BCUT2D eigenvalue weighted by molar-refractivity contribution is 0.590. The number of aryl methyl sites for hydroxylation is 2. The molecule has 0 saturated carbocycles. The summed E-state index contributed by atoms with van der Waals surface area (Å²) >= 11 is 1.53. The molecule has 8 heteroatoms. The number of fused-ring (bicyclic) bond motifs is 1. The minimum atomic E-state index is 0.653. The highest BCUT2D eigenvalue weighted by molar-refractivity contribution is 7.99. The van der Waals surface area contributed by atoms with Crippen molar-refractivity contribution in [2.75, 3.05) is 5.43 Å². The van der Waals surface area contributed by atoms with Crippen molar-refractivity contribution in [2.24, 2.45) is 5.84 Å². The zero-order chi connectivity index (χ0) is 14.8. The van der Waals surface area contributed by atoms with E-state index in [1.165, 1.54) is 31.0 Å². The third-order valence-electron chi connectivity index (χ3n) is 3.61. The fraction of sp³-hybridized carbons (Fsp3) is 0.538. The summed E-state index contributed by atoms with van der Waals surface area (Å²) in [5.41, 5.74) is 3.55. The Labute approximate surface area is 127 Å². The van der Waals surface area contributed by atoms with Crippen molar-refractivity contribution in [1.29, 1.82) is 0 Å². The number of aromatic nitrogens is 5. The molecule has 3 heterocycles. The predicted octanol–water partition coefficient (Wildman–Crippen LogP) is 1.85. The maximum absolute atomic E-state index is 5.51. The van der Waals surface area contributed by atoms with E-state index in [0.29, 0.717) is 11.6 Å². The van der Waals surface area contributed by atoms with Gasteiger partial charge in [-0.1, -0.05) is 6.42 Å². The normalized spacial score (nSPS) is 14.6. The molecule has 112 valence electrons. The summed E-state index contributed by atoms with van der Waals surface area (Å²) in [6, 6.07) is 0. The summed E-state index contributed by atoms with van der Waals surface area (Å²) < 4.78 is 2.21. The van der Waals surface area contributed by atoms with Crippen LogP contribution in [0.4, 0.5) is 5.82 Å². The van der Waals surface area contributed by atoms with Crippen molar-refractivity contribution < 1.29 is 0 Å². The van der Waals surface area contributed by atoms with E-state index in [4.69, 9.17) is 5.84 Å². The molecular formula is C13H19N7S. The summed E-state index contributed by atoms with van der Waals surface area (Å²) in [5, 5.41) is 10.4. The number of rotatable bonds is 3. The number of hydrazine groups is 1. The van der Waals surface area contributed by atoms with Gasteiger partial charge in [0.1, 0.15) is 22.5 Å². The van der Waals surface area contributed by atoms with E-state index < -0.39 is 0 Å². The average molecular weight is 305 g/mol. The van der Waals surface area contributed by atoms with Crippen LogP contribution in [-0.2, 0) is 13.0 Å². The van der Waals surface area contributed by atoms with Gasteiger partial charge in [-0.25, -0.2) is 15.8 Å². The number of nitrogens with zero attached hydrogens (tertiary/aromatic N) is 5. The molecule has 0 atom stereocenters. The number of hydrogen-bond donors (Lipinski definition) is 2. The Hall–Kier alpha value is -1.67. The van der Waals surface area contributed by atoms with E-state index in [9.17, 15) is 0 Å². The number of nitrogen functional groups attached to an aromatic ring is 1. The summed E-state index contributed by atoms with van der Waals surface area (Å²) in [4.78, 5) is 8.78. The monoisotopic (exact) mass is 305 g/mol. The van der Waals surface area contributed by atoms with Gasteiger partial charge in [0.05, 0.1) is 0 Å². The van der Waals surface area contributed by atoms with Crippen molar-refractivity contribution in [2.45, 2.75) is 56.3 Å². The Morgan fingerprint density at radius 3 is 2.81 bits per heavy atom. The molecule has 0 bridgehead atoms. The lowest BCUT2D eigenvalue weighted by Gasteiger charge is -2.10. The molecular weight excluding hydrogens is 286 g/mol. The minimum absolute atomic E-state index is 0.653. The number of hydrogen-bond acceptors (Lipinski definition) is 7. The van der Waals surface area contributed by atoms with Gasteiger partial charge in [-0.05, 0) is 38.5 Å². The molecule has 0 fully saturated rings. The van der Waals surface area contributed by atoms with E-state index in [-0.39, 0.29) is 0 Å². The van der Waals surface area contributed by atoms with Gasteiger partial charge in [0.2, 0.25) is 0 Å². The van der Waals surface area contributed by atoms with Gasteiger partial charge in [-0.3, -0.25) is 0 Å². The molecule has 0 amide bonds. The van der Waals surface area contributed by atoms with Gasteiger partial charge in [-0.2, -0.15) is 0 Å². The van der Waals surface area contributed by atoms with Crippen LogP contribution in [0.1, 0.15) is 36.5 Å². The molecule has 0 radical (unpaired) electrons. The van der Waals surface area contributed by atoms with Crippen molar-refractivity contribution in [3.63, 3.8) is 0 Å². The average Bonchev–Trinajstić information content (AvgIpc) is 2.71. The number of anilines is 1. The second-order valence-corrected chi connectivity index (χ2v) is 6.11. The van der Waals surface area contributed by atoms with Gasteiger partial charge in [0.25, 0.3) is 0 Å². The highest BCUT2D eigenvalue weighted by Crippen LogP contribution is 2.31. The molecule has 3 N–H and O–H groups in total. The van der Waals surface area contributed by atoms with Gasteiger partial charge in [0, 0.05) is 18.5 Å². The molecule has 0 aliphatic carbocycles. The van der Waals surface area contributed by atoms with E-state index in [1.807, 2.05) is 13.8 Å². The van der Waals surface area contributed by atoms with E-state index in [2.05, 4.69) is 30.2 Å². The zero-order valence-corrected chi connectivity index (χ0v) is 13.1. The topological polar surface area (TPSA) is 94.5 Å². The first-order chi connectivity index (χ1) is 10.2. The molecule has 1 aliphatic rings. The van der Waals surface area contributed by atoms with Gasteiger partial charge in [-0.15, -0.1) is 10.2 Å². The molecule has 0 spiro atoms. The molecule has 0 saturated heterocycles. The lowest BCUT2D eigenvalue weighted by Crippen LogP contribution is -2.12. The Bertz CT molecular complexity index is 652. The lowest BCUT2D eigenvalue weighted by atomic mass is 10.2. The second kappa shape index (κ2) is 5.98. The van der Waals surface area contributed by atoms with Crippen LogP contribution in [0.2, 0.25) is 0 Å². The predicted molar refractivity (Wildman–Crippen MR) is 81.0 cm³/mol. The maximum Gasteiger partial charge on any atom is 0.197 e. The summed E-state index contributed by atoms with van der Waals surface area (Å²) in [7, 11) is 0. The van der Waals surface area contributed by atoms with Crippen molar-refractivity contribution in [1.82, 2.24) is 24.7 Å². The van der Waals surface area contributed by atoms with Crippen molar-refractivity contribution in [3.05, 3.63) is 17.2 Å². The van der Waals surface area contributed by atoms with E-state index in [0.717, 1.165) is 34.5 Å². The third kappa shape index (κ3) is 2.86. The first kappa shape index (κ1) is 14.3. The van der Waals surface area contributed by atoms with Gasteiger partial charge >= 0.3 is 0 Å². The molecule has 7 nitrogen and oxygen atoms in total. The summed E-state index contributed by atoms with van der Waals surface area (Å²) in [6.07, 6.45) is 4.62. The quantitative estimate of drug-likeness (QED) is 0.507. The fourth-order valence-corrected chi connectivity index (χ4v) is 3.45. The standard InChI is InChI=1S/C13H19N7S/c1-8-11(17-14)15-9(2)16-12(8)21-13-19-18-10-6-4-3-5-7-20(10)13/h3-7,14H2,1-2H3,(H,15,16,17). The van der Waals surface area contributed by atoms with Crippen LogP contribution in [0.3, 0.4) is 0 Å². The molecule has 2 aromatic heterocycles. The van der Waals surface area contributed by atoms with Crippen LogP contribution < -0.4 is 11.3 Å². The van der Waals surface area contributed by atoms with E-state index in [1.54, 1.807) is 0 Å². The Morgan fingerprint density at radius 2 is 2.00 bits per heavy atom. The van der Waals surface area contributed by atoms with Gasteiger partial charge in [0.15, 0.2) is 5.16 Å². The molecule has 21 heavy (non-hydrogen) atoms. The Kier molecular flexibility index (Phi) is 4.07. The van der Waals surface area contributed by atoms with Crippen LogP contribution in [-0.4, -0.2) is 24.7 Å². The maximum atomic E-state index is 5.51. The summed E-state index contributed by atoms with van der Waals surface area (Å²) in [5.74, 6) is 7.93. The van der Waals surface area contributed by atoms with Crippen LogP contribution in [0.5, 0.6) is 0 Å². The first-order valence-electron chi connectivity index (χ1n) is 7.11. The largest absolute Gasteiger partial charge is 0.308 e. The molecule has 0 unspecified atom stereocenters. The fourth-order valence-electron chi connectivity index (χ4n) is 2.46. The summed E-state index contributed by atoms with van der Waals surface area (Å²) in [6.45, 7) is 4.79. The first-order valence-corrected chi connectivity index (χ1v) is 7.92. The van der Waals surface area contributed by atoms with Crippen LogP contribution in [0.15, 0.2) is 10.2 Å². The van der Waals surface area contributed by atoms with E-state index >= 15 is 0 Å². The third-order valence-corrected chi connectivity index (χ3v) is 4.69. The number of nitrogens with one attached hydrogen (secondary N) is 1. The molecule has 0 aromatic carbocycles. The van der Waals surface area contributed by atoms with Crippen LogP contribution in [0.25, 0.3) is 0 Å². The SMILES string of the molecule is Cc1nc(NN)c(C)c(Sc2nnc3n2CCCCC3)n1. The van der Waals surface area contributed by atoms with Crippen LogP contribution in [0, 0.1) is 13.8 Å². The number of nitrogens with two attached hydrogens (primary N) is 1. The van der Waals surface area contributed by atoms with Crippen LogP contribution >= 0.6 is 11.8 Å². The zero-order valence-electron chi connectivity index (χ0n) is 12.3. The van der Waals surface area contributed by atoms with Gasteiger partial charge < -0.3 is 9.99 Å². The highest BCUT2D eigenvalue weighted by Gasteiger charge is 2.18. The smallest absolute Gasteiger partial charge is 0.197 e. The molecule has 2 aromatic rings. The minimum Gasteiger partial charge on any atom is -0.308 e. The second-order valence-electron chi connectivity index (χ2n) is 5.16.